The average molecular weight is 390 g/mol. The van der Waals surface area contributed by atoms with Crippen LogP contribution in [0.1, 0.15) is 18.9 Å². The number of nitrogens with zero attached hydrogens (tertiary/aromatic N) is 3. The number of likely N-dealkylation sites (tertiary alicyclic amines) is 1. The number of benzene rings is 1. The number of fused-ring (bicyclic) bond motifs is 1. The molecule has 0 saturated carbocycles. The highest BCUT2D eigenvalue weighted by molar-refractivity contribution is 6.30. The van der Waals surface area contributed by atoms with Gasteiger partial charge in [-0.3, -0.25) is 4.79 Å². The summed E-state index contributed by atoms with van der Waals surface area (Å²) in [4.78, 5) is 19.6. The topological polar surface area (TPSA) is 38.1 Å². The van der Waals surface area contributed by atoms with E-state index in [1.54, 1.807) is 10.6 Å². The Morgan fingerprint density at radius 2 is 1.81 bits per heavy atom. The number of pyridine rings is 2. The summed E-state index contributed by atoms with van der Waals surface area (Å²) in [6.07, 6.45) is 3.08. The summed E-state index contributed by atoms with van der Waals surface area (Å²) < 4.78 is 30.4. The maximum absolute atomic E-state index is 14.4. The van der Waals surface area contributed by atoms with Crippen molar-refractivity contribution in [2.45, 2.75) is 18.9 Å². The molecule has 0 aliphatic carbocycles. The minimum absolute atomic E-state index is 0.00107. The van der Waals surface area contributed by atoms with Crippen molar-refractivity contribution < 1.29 is 8.78 Å². The SMILES string of the molecule is CN1CCC(n2c(=O)c(-c3c(F)cccc3F)cc3cnc(Cl)cc32)CC1. The molecule has 2 aromatic heterocycles. The molecule has 140 valence electrons. The van der Waals surface area contributed by atoms with Crippen LogP contribution in [0.25, 0.3) is 22.0 Å². The van der Waals surface area contributed by atoms with E-state index in [1.807, 2.05) is 7.05 Å². The van der Waals surface area contributed by atoms with Gasteiger partial charge in [0.25, 0.3) is 5.56 Å². The maximum Gasteiger partial charge on any atom is 0.259 e. The molecule has 1 aliphatic heterocycles. The lowest BCUT2D eigenvalue weighted by Gasteiger charge is -2.31. The summed E-state index contributed by atoms with van der Waals surface area (Å²) in [5.74, 6) is -1.52. The second kappa shape index (κ2) is 7.02. The van der Waals surface area contributed by atoms with Gasteiger partial charge in [0.2, 0.25) is 0 Å². The summed E-state index contributed by atoms with van der Waals surface area (Å²) in [5, 5.41) is 0.893. The maximum atomic E-state index is 14.4. The second-order valence-electron chi connectivity index (χ2n) is 6.93. The number of rotatable bonds is 2. The molecule has 0 N–H and O–H groups in total. The van der Waals surface area contributed by atoms with Gasteiger partial charge in [0, 0.05) is 17.6 Å². The normalized spacial score (nSPS) is 16.1. The molecule has 1 saturated heterocycles. The first kappa shape index (κ1) is 18.1. The lowest BCUT2D eigenvalue weighted by Crippen LogP contribution is -2.36. The van der Waals surface area contributed by atoms with E-state index in [-0.39, 0.29) is 22.3 Å². The molecular formula is C20H18ClF2N3O. The van der Waals surface area contributed by atoms with Gasteiger partial charge in [0.1, 0.15) is 16.8 Å². The first-order chi connectivity index (χ1) is 13.0. The molecule has 0 spiro atoms. The van der Waals surface area contributed by atoms with Gasteiger partial charge < -0.3 is 9.47 Å². The summed E-state index contributed by atoms with van der Waals surface area (Å²) in [7, 11) is 2.03. The Balaban J connectivity index is 2.01. The molecule has 0 radical (unpaired) electrons. The Hall–Kier alpha value is -2.31. The highest BCUT2D eigenvalue weighted by atomic mass is 35.5. The third kappa shape index (κ3) is 3.24. The molecule has 4 nitrogen and oxygen atoms in total. The van der Waals surface area contributed by atoms with E-state index < -0.39 is 17.2 Å². The number of hydrogen-bond acceptors (Lipinski definition) is 3. The van der Waals surface area contributed by atoms with E-state index in [4.69, 9.17) is 11.6 Å². The standard InChI is InChI=1S/C20H18ClF2N3O/c1-25-7-5-13(6-8-25)26-17-10-18(21)24-11-12(17)9-14(20(26)27)19-15(22)3-2-4-16(19)23/h2-4,9-11,13H,5-8H2,1H3. The molecule has 3 heterocycles. The minimum Gasteiger partial charge on any atom is -0.306 e. The number of halogens is 3. The minimum atomic E-state index is -0.761. The van der Waals surface area contributed by atoms with Crippen molar-refractivity contribution in [3.63, 3.8) is 0 Å². The van der Waals surface area contributed by atoms with Crippen molar-refractivity contribution in [1.82, 2.24) is 14.5 Å². The Morgan fingerprint density at radius 1 is 1.15 bits per heavy atom. The molecule has 27 heavy (non-hydrogen) atoms. The van der Waals surface area contributed by atoms with Crippen molar-refractivity contribution in [2.24, 2.45) is 0 Å². The molecular weight excluding hydrogens is 372 g/mol. The Bertz CT molecular complexity index is 1050. The third-order valence-corrected chi connectivity index (χ3v) is 5.38. The van der Waals surface area contributed by atoms with Gasteiger partial charge in [0.15, 0.2) is 0 Å². The third-order valence-electron chi connectivity index (χ3n) is 5.17. The molecule has 0 unspecified atom stereocenters. The largest absolute Gasteiger partial charge is 0.306 e. The van der Waals surface area contributed by atoms with Gasteiger partial charge in [-0.05, 0) is 57.2 Å². The van der Waals surface area contributed by atoms with Gasteiger partial charge >= 0.3 is 0 Å². The van der Waals surface area contributed by atoms with Crippen LogP contribution in [-0.2, 0) is 0 Å². The lowest BCUT2D eigenvalue weighted by molar-refractivity contribution is 0.222. The Morgan fingerprint density at radius 3 is 2.48 bits per heavy atom. The Kier molecular flexibility index (Phi) is 4.70. The molecule has 1 fully saturated rings. The number of aromatic nitrogens is 2. The molecule has 0 bridgehead atoms. The van der Waals surface area contributed by atoms with Crippen LogP contribution < -0.4 is 5.56 Å². The van der Waals surface area contributed by atoms with Crippen LogP contribution >= 0.6 is 11.6 Å². The lowest BCUT2D eigenvalue weighted by atomic mass is 10.0. The van der Waals surface area contributed by atoms with Crippen LogP contribution in [0.4, 0.5) is 8.78 Å². The van der Waals surface area contributed by atoms with Crippen LogP contribution in [-0.4, -0.2) is 34.6 Å². The summed E-state index contributed by atoms with van der Waals surface area (Å²) in [6.45, 7) is 1.69. The molecule has 0 amide bonds. The van der Waals surface area contributed by atoms with E-state index in [0.29, 0.717) is 10.9 Å². The van der Waals surface area contributed by atoms with Crippen molar-refractivity contribution in [2.75, 3.05) is 20.1 Å². The van der Waals surface area contributed by atoms with E-state index in [9.17, 15) is 13.6 Å². The first-order valence-electron chi connectivity index (χ1n) is 8.79. The predicted octanol–water partition coefficient (Wildman–Crippen LogP) is 4.26. The quantitative estimate of drug-likeness (QED) is 0.614. The van der Waals surface area contributed by atoms with Gasteiger partial charge in [-0.1, -0.05) is 17.7 Å². The van der Waals surface area contributed by atoms with E-state index in [1.165, 1.54) is 18.3 Å². The number of piperidine rings is 1. The molecule has 3 aromatic rings. The summed E-state index contributed by atoms with van der Waals surface area (Å²) >= 11 is 6.06. The van der Waals surface area contributed by atoms with Crippen molar-refractivity contribution in [3.8, 4) is 11.1 Å². The number of hydrogen-bond donors (Lipinski definition) is 0. The molecule has 0 atom stereocenters. The van der Waals surface area contributed by atoms with E-state index in [2.05, 4.69) is 9.88 Å². The van der Waals surface area contributed by atoms with Crippen molar-refractivity contribution in [1.29, 1.82) is 0 Å². The fraction of sp³-hybridized carbons (Fsp3) is 0.300. The molecule has 7 heteroatoms. The monoisotopic (exact) mass is 389 g/mol. The van der Waals surface area contributed by atoms with Crippen LogP contribution in [0, 0.1) is 11.6 Å². The van der Waals surface area contributed by atoms with E-state index >= 15 is 0 Å². The fourth-order valence-electron chi connectivity index (χ4n) is 3.76. The zero-order valence-corrected chi connectivity index (χ0v) is 15.5. The van der Waals surface area contributed by atoms with Gasteiger partial charge in [-0.2, -0.15) is 0 Å². The zero-order chi connectivity index (χ0) is 19.1. The van der Waals surface area contributed by atoms with Crippen LogP contribution in [0.15, 0.2) is 41.3 Å². The highest BCUT2D eigenvalue weighted by Crippen LogP contribution is 2.30. The first-order valence-corrected chi connectivity index (χ1v) is 9.17. The average Bonchev–Trinajstić information content (AvgIpc) is 2.63. The molecule has 1 aliphatic rings. The van der Waals surface area contributed by atoms with Crippen LogP contribution in [0.3, 0.4) is 0 Å². The summed E-state index contributed by atoms with van der Waals surface area (Å²) in [6, 6.07) is 6.66. The fourth-order valence-corrected chi connectivity index (χ4v) is 3.91. The van der Waals surface area contributed by atoms with Gasteiger partial charge in [-0.25, -0.2) is 13.8 Å². The van der Waals surface area contributed by atoms with Crippen molar-refractivity contribution >= 4 is 22.5 Å². The molecule has 1 aromatic carbocycles. The van der Waals surface area contributed by atoms with Gasteiger partial charge in [-0.15, -0.1) is 0 Å². The van der Waals surface area contributed by atoms with Crippen LogP contribution in [0.2, 0.25) is 5.15 Å². The van der Waals surface area contributed by atoms with E-state index in [0.717, 1.165) is 38.1 Å². The summed E-state index contributed by atoms with van der Waals surface area (Å²) in [5.41, 5.74) is -0.0828. The zero-order valence-electron chi connectivity index (χ0n) is 14.8. The highest BCUT2D eigenvalue weighted by Gasteiger charge is 2.24. The second-order valence-corrected chi connectivity index (χ2v) is 7.32. The smallest absolute Gasteiger partial charge is 0.259 e. The van der Waals surface area contributed by atoms with Crippen molar-refractivity contribution in [3.05, 3.63) is 63.7 Å². The predicted molar refractivity (Wildman–Crippen MR) is 102 cm³/mol. The molecule has 4 rings (SSSR count). The Labute approximate surface area is 160 Å². The van der Waals surface area contributed by atoms with Gasteiger partial charge in [0.05, 0.1) is 16.6 Å². The van der Waals surface area contributed by atoms with Crippen LogP contribution in [0.5, 0.6) is 0 Å².